The van der Waals surface area contributed by atoms with E-state index in [1.807, 2.05) is 39.1 Å². The molecule has 0 aliphatic heterocycles. The summed E-state index contributed by atoms with van der Waals surface area (Å²) < 4.78 is 12.5. The molecule has 1 N–H and O–H groups in total. The van der Waals surface area contributed by atoms with Gasteiger partial charge in [-0.3, -0.25) is 9.37 Å². The van der Waals surface area contributed by atoms with Crippen molar-refractivity contribution in [1.82, 2.24) is 10.3 Å². The Morgan fingerprint density at radius 2 is 1.86 bits per heavy atom. The fourth-order valence-corrected chi connectivity index (χ4v) is 2.98. The number of nitrogens with zero attached hydrogens (tertiary/aromatic N) is 1. The van der Waals surface area contributed by atoms with Crippen molar-refractivity contribution in [2.45, 2.75) is 66.8 Å². The van der Waals surface area contributed by atoms with Crippen molar-refractivity contribution in [3.05, 3.63) is 82.3 Å². The van der Waals surface area contributed by atoms with E-state index < -0.39 is 0 Å². The van der Waals surface area contributed by atoms with Crippen LogP contribution in [0.2, 0.25) is 0 Å². The number of nitrogens with one attached hydrogen (secondary N) is 1. The van der Waals surface area contributed by atoms with E-state index in [4.69, 9.17) is 0 Å². The zero-order chi connectivity index (χ0) is 22.0. The largest absolute Gasteiger partial charge is 0.377 e. The molecule has 2 rings (SSSR count). The Morgan fingerprint density at radius 3 is 2.45 bits per heavy atom. The van der Waals surface area contributed by atoms with Crippen LogP contribution in [0.5, 0.6) is 0 Å². The van der Waals surface area contributed by atoms with Gasteiger partial charge in [0.15, 0.2) is 0 Å². The van der Waals surface area contributed by atoms with Gasteiger partial charge in [0.25, 0.3) is 0 Å². The summed E-state index contributed by atoms with van der Waals surface area (Å²) in [5, 5.41) is 3.44. The second-order valence-electron chi connectivity index (χ2n) is 7.43. The zero-order valence-electron chi connectivity index (χ0n) is 19.1. The first kappa shape index (κ1) is 24.6. The van der Waals surface area contributed by atoms with Crippen LogP contribution in [-0.2, 0) is 0 Å². The van der Waals surface area contributed by atoms with E-state index in [0.29, 0.717) is 6.42 Å². The van der Waals surface area contributed by atoms with Gasteiger partial charge in [0.1, 0.15) is 0 Å². The molecule has 3 heteroatoms. The SMILES string of the molecule is C=C(NC(C)c1ccc(C(C)CCF)cn1)/C(C)=C/c1cc(C)ccc1C.CC. The lowest BCUT2D eigenvalue weighted by atomic mass is 9.99. The Bertz CT molecular complexity index is 806. The lowest BCUT2D eigenvalue weighted by Gasteiger charge is -2.18. The summed E-state index contributed by atoms with van der Waals surface area (Å²) in [4.78, 5) is 4.56. The molecule has 0 bridgehead atoms. The van der Waals surface area contributed by atoms with Crippen molar-refractivity contribution in [1.29, 1.82) is 0 Å². The highest BCUT2D eigenvalue weighted by Crippen LogP contribution is 2.22. The van der Waals surface area contributed by atoms with Crippen LogP contribution in [-0.4, -0.2) is 11.7 Å². The number of aryl methyl sites for hydroxylation is 2. The van der Waals surface area contributed by atoms with Crippen LogP contribution in [0, 0.1) is 13.8 Å². The highest BCUT2D eigenvalue weighted by atomic mass is 19.1. The monoisotopic (exact) mass is 396 g/mol. The standard InChI is InChI=1S/C24H31FN2.C2H6/c1-16-7-8-17(2)23(13-16)14-19(4)20(5)27-21(6)24-10-9-22(15-26-24)18(3)11-12-25;1-2/h7-10,13-15,18,21,27H,5,11-12H2,1-4,6H3;1-2H3/b19-14+;. The van der Waals surface area contributed by atoms with Gasteiger partial charge in [-0.1, -0.05) is 57.2 Å². The summed E-state index contributed by atoms with van der Waals surface area (Å²) in [5.41, 5.74) is 7.73. The quantitative estimate of drug-likeness (QED) is 0.468. The van der Waals surface area contributed by atoms with Crippen LogP contribution < -0.4 is 5.32 Å². The second kappa shape index (κ2) is 12.2. The average Bonchev–Trinajstić information content (AvgIpc) is 2.72. The molecule has 0 fully saturated rings. The van der Waals surface area contributed by atoms with E-state index in [1.54, 1.807) is 0 Å². The minimum absolute atomic E-state index is 0.0463. The summed E-state index contributed by atoms with van der Waals surface area (Å²) in [7, 11) is 0. The van der Waals surface area contributed by atoms with Gasteiger partial charge in [-0.25, -0.2) is 0 Å². The molecule has 0 radical (unpaired) electrons. The molecule has 0 saturated heterocycles. The summed E-state index contributed by atoms with van der Waals surface area (Å²) in [6.45, 7) is 18.3. The Kier molecular flexibility index (Phi) is 10.4. The molecule has 29 heavy (non-hydrogen) atoms. The molecule has 2 aromatic rings. The smallest absolute Gasteiger partial charge is 0.0900 e. The first-order valence-corrected chi connectivity index (χ1v) is 10.5. The normalized spacial score (nSPS) is 13.2. The van der Waals surface area contributed by atoms with E-state index in [9.17, 15) is 4.39 Å². The molecular formula is C26H37FN2. The third-order valence-electron chi connectivity index (χ3n) is 5.04. The number of pyridine rings is 1. The summed E-state index contributed by atoms with van der Waals surface area (Å²) >= 11 is 0. The molecule has 2 unspecified atom stereocenters. The third-order valence-corrected chi connectivity index (χ3v) is 5.04. The van der Waals surface area contributed by atoms with Crippen molar-refractivity contribution in [3.63, 3.8) is 0 Å². The van der Waals surface area contributed by atoms with Gasteiger partial charge in [0.2, 0.25) is 0 Å². The van der Waals surface area contributed by atoms with Gasteiger partial charge in [-0.05, 0) is 74.4 Å². The number of aromatic nitrogens is 1. The van der Waals surface area contributed by atoms with E-state index >= 15 is 0 Å². The van der Waals surface area contributed by atoms with Crippen LogP contribution in [0.3, 0.4) is 0 Å². The molecule has 0 spiro atoms. The minimum Gasteiger partial charge on any atom is -0.377 e. The fraction of sp³-hybridized carbons (Fsp3) is 0.423. The van der Waals surface area contributed by atoms with E-state index in [1.165, 1.54) is 16.7 Å². The van der Waals surface area contributed by atoms with Gasteiger partial charge in [0, 0.05) is 11.9 Å². The number of hydrogen-bond acceptors (Lipinski definition) is 2. The maximum atomic E-state index is 12.5. The molecule has 1 aromatic heterocycles. The van der Waals surface area contributed by atoms with Gasteiger partial charge >= 0.3 is 0 Å². The molecule has 0 saturated carbocycles. The van der Waals surface area contributed by atoms with E-state index in [2.05, 4.69) is 68.8 Å². The number of alkyl halides is 1. The molecule has 1 heterocycles. The zero-order valence-corrected chi connectivity index (χ0v) is 19.1. The number of rotatable bonds is 8. The van der Waals surface area contributed by atoms with Gasteiger partial charge in [-0.2, -0.15) is 0 Å². The van der Waals surface area contributed by atoms with Gasteiger partial charge in [0.05, 0.1) is 18.4 Å². The Hall–Kier alpha value is -2.42. The van der Waals surface area contributed by atoms with Crippen LogP contribution in [0.15, 0.2) is 54.4 Å². The van der Waals surface area contributed by atoms with Crippen molar-refractivity contribution in [2.24, 2.45) is 0 Å². The van der Waals surface area contributed by atoms with Crippen LogP contribution >= 0.6 is 0 Å². The minimum atomic E-state index is -0.299. The molecule has 2 nitrogen and oxygen atoms in total. The first-order chi connectivity index (χ1) is 13.8. The highest BCUT2D eigenvalue weighted by Gasteiger charge is 2.11. The number of halogens is 1. The Morgan fingerprint density at radius 1 is 1.17 bits per heavy atom. The lowest BCUT2D eigenvalue weighted by molar-refractivity contribution is 0.447. The average molecular weight is 397 g/mol. The number of benzene rings is 1. The van der Waals surface area contributed by atoms with Crippen LogP contribution in [0.1, 0.15) is 80.9 Å². The van der Waals surface area contributed by atoms with Gasteiger partial charge < -0.3 is 5.32 Å². The molecule has 1 aromatic carbocycles. The maximum absolute atomic E-state index is 12.5. The summed E-state index contributed by atoms with van der Waals surface area (Å²) in [6.07, 6.45) is 4.56. The first-order valence-electron chi connectivity index (χ1n) is 10.5. The Labute approximate surface area is 177 Å². The van der Waals surface area contributed by atoms with Crippen molar-refractivity contribution in [2.75, 3.05) is 6.67 Å². The van der Waals surface area contributed by atoms with E-state index in [0.717, 1.165) is 22.5 Å². The number of hydrogen-bond donors (Lipinski definition) is 1. The summed E-state index contributed by atoms with van der Waals surface area (Å²) in [6, 6.07) is 10.6. The van der Waals surface area contributed by atoms with Crippen molar-refractivity contribution in [3.8, 4) is 0 Å². The third kappa shape index (κ3) is 7.49. The highest BCUT2D eigenvalue weighted by molar-refractivity contribution is 5.60. The predicted molar refractivity (Wildman–Crippen MR) is 125 cm³/mol. The predicted octanol–water partition coefficient (Wildman–Crippen LogP) is 7.46. The lowest BCUT2D eigenvalue weighted by Crippen LogP contribution is -2.19. The molecular weight excluding hydrogens is 359 g/mol. The van der Waals surface area contributed by atoms with Crippen molar-refractivity contribution < 1.29 is 4.39 Å². The Balaban J connectivity index is 0.00000204. The topological polar surface area (TPSA) is 24.9 Å². The van der Waals surface area contributed by atoms with Crippen molar-refractivity contribution >= 4 is 6.08 Å². The molecule has 0 amide bonds. The second-order valence-corrected chi connectivity index (χ2v) is 7.43. The summed E-state index contributed by atoms with van der Waals surface area (Å²) in [5.74, 6) is 0.192. The van der Waals surface area contributed by atoms with Gasteiger partial charge in [-0.15, -0.1) is 0 Å². The molecule has 158 valence electrons. The molecule has 0 aliphatic carbocycles. The fourth-order valence-electron chi connectivity index (χ4n) is 2.98. The van der Waals surface area contributed by atoms with Crippen LogP contribution in [0.25, 0.3) is 6.08 Å². The maximum Gasteiger partial charge on any atom is 0.0900 e. The number of allylic oxidation sites excluding steroid dienone is 1. The van der Waals surface area contributed by atoms with Crippen LogP contribution in [0.4, 0.5) is 4.39 Å². The van der Waals surface area contributed by atoms with E-state index in [-0.39, 0.29) is 18.6 Å². The molecule has 2 atom stereocenters. The molecule has 0 aliphatic rings.